The highest BCUT2D eigenvalue weighted by molar-refractivity contribution is 8.00. The van der Waals surface area contributed by atoms with E-state index in [-0.39, 0.29) is 0 Å². The van der Waals surface area contributed by atoms with Crippen LogP contribution in [-0.2, 0) is 0 Å². The van der Waals surface area contributed by atoms with Crippen molar-refractivity contribution in [2.75, 3.05) is 18.6 Å². The summed E-state index contributed by atoms with van der Waals surface area (Å²) in [5.41, 5.74) is 0.347. The molecule has 1 saturated heterocycles. The quantitative estimate of drug-likeness (QED) is 0.699. The first-order valence-corrected chi connectivity index (χ1v) is 5.56. The van der Waals surface area contributed by atoms with Crippen LogP contribution in [0.15, 0.2) is 0 Å². The lowest BCUT2D eigenvalue weighted by Gasteiger charge is -2.30. The Morgan fingerprint density at radius 2 is 2.09 bits per heavy atom. The molecular weight excluding hydrogens is 154 g/mol. The fraction of sp³-hybridized carbons (Fsp3) is 1.00. The molecule has 1 rings (SSSR count). The molecule has 1 aliphatic rings. The molecule has 0 aliphatic carbocycles. The summed E-state index contributed by atoms with van der Waals surface area (Å²) in [5, 5.41) is 3.34. The molecule has 1 heterocycles. The Bertz CT molecular complexity index is 119. The maximum Gasteiger partial charge on any atom is 0.0122 e. The van der Waals surface area contributed by atoms with Crippen molar-refractivity contribution >= 4 is 11.8 Å². The summed E-state index contributed by atoms with van der Waals surface area (Å²) in [6.07, 6.45) is 2.72. The summed E-state index contributed by atoms with van der Waals surface area (Å²) >= 11 is 2.08. The molecule has 0 aromatic heterocycles. The lowest BCUT2D eigenvalue weighted by molar-refractivity contribution is 0.355. The Hall–Kier alpha value is 0.310. The van der Waals surface area contributed by atoms with E-state index >= 15 is 0 Å². The molecule has 0 spiro atoms. The van der Waals surface area contributed by atoms with Gasteiger partial charge in [0.25, 0.3) is 0 Å². The normalized spacial score (nSPS) is 19.9. The van der Waals surface area contributed by atoms with Gasteiger partial charge < -0.3 is 5.32 Å². The first kappa shape index (κ1) is 9.40. The second-order valence-electron chi connectivity index (χ2n) is 4.08. The van der Waals surface area contributed by atoms with Gasteiger partial charge in [-0.05, 0) is 51.2 Å². The van der Waals surface area contributed by atoms with E-state index in [1.807, 2.05) is 0 Å². The molecule has 0 atom stereocenters. The largest absolute Gasteiger partial charge is 0.315 e. The number of thioether (sulfide) groups is 1. The van der Waals surface area contributed by atoms with Gasteiger partial charge in [0.1, 0.15) is 0 Å². The Balaban J connectivity index is 2.09. The predicted molar refractivity (Wildman–Crippen MR) is 53.2 cm³/mol. The molecule has 11 heavy (non-hydrogen) atoms. The third-order valence-corrected chi connectivity index (χ3v) is 3.98. The van der Waals surface area contributed by atoms with E-state index in [0.717, 1.165) is 5.92 Å². The van der Waals surface area contributed by atoms with Crippen molar-refractivity contribution in [2.24, 2.45) is 5.92 Å². The molecule has 1 aliphatic heterocycles. The SMILES string of the molecule is CNC(C)(C)CCC1CSC1. The van der Waals surface area contributed by atoms with E-state index in [4.69, 9.17) is 0 Å². The van der Waals surface area contributed by atoms with Gasteiger partial charge in [0, 0.05) is 5.54 Å². The van der Waals surface area contributed by atoms with Crippen LogP contribution < -0.4 is 5.32 Å². The minimum Gasteiger partial charge on any atom is -0.315 e. The fourth-order valence-corrected chi connectivity index (χ4v) is 2.04. The summed E-state index contributed by atoms with van der Waals surface area (Å²) in [4.78, 5) is 0. The van der Waals surface area contributed by atoms with E-state index in [2.05, 4.69) is 38.0 Å². The molecule has 0 aromatic carbocycles. The van der Waals surface area contributed by atoms with Crippen molar-refractivity contribution in [3.8, 4) is 0 Å². The van der Waals surface area contributed by atoms with E-state index < -0.39 is 0 Å². The first-order chi connectivity index (χ1) is 5.14. The molecule has 0 bridgehead atoms. The molecule has 1 N–H and O–H groups in total. The van der Waals surface area contributed by atoms with E-state index in [1.54, 1.807) is 0 Å². The molecule has 0 unspecified atom stereocenters. The van der Waals surface area contributed by atoms with Gasteiger partial charge in [0.05, 0.1) is 0 Å². The van der Waals surface area contributed by atoms with Crippen molar-refractivity contribution < 1.29 is 0 Å². The Morgan fingerprint density at radius 1 is 1.45 bits per heavy atom. The van der Waals surface area contributed by atoms with Crippen molar-refractivity contribution in [3.63, 3.8) is 0 Å². The Morgan fingerprint density at radius 3 is 2.45 bits per heavy atom. The summed E-state index contributed by atoms with van der Waals surface area (Å²) in [5.74, 6) is 3.83. The summed E-state index contributed by atoms with van der Waals surface area (Å²) in [6, 6.07) is 0. The topological polar surface area (TPSA) is 12.0 Å². The van der Waals surface area contributed by atoms with Gasteiger partial charge in [-0.25, -0.2) is 0 Å². The smallest absolute Gasteiger partial charge is 0.0122 e. The molecule has 0 amide bonds. The first-order valence-electron chi connectivity index (χ1n) is 4.41. The van der Waals surface area contributed by atoms with Gasteiger partial charge in [0.15, 0.2) is 0 Å². The molecule has 1 fully saturated rings. The van der Waals surface area contributed by atoms with Crippen LogP contribution in [0.25, 0.3) is 0 Å². The standard InChI is InChI=1S/C9H19NS/c1-9(2,10-3)5-4-8-6-11-7-8/h8,10H,4-7H2,1-3H3. The van der Waals surface area contributed by atoms with Crippen LogP contribution >= 0.6 is 11.8 Å². The van der Waals surface area contributed by atoms with Crippen molar-refractivity contribution in [1.29, 1.82) is 0 Å². The molecule has 1 nitrogen and oxygen atoms in total. The maximum atomic E-state index is 3.34. The van der Waals surface area contributed by atoms with E-state index in [9.17, 15) is 0 Å². The van der Waals surface area contributed by atoms with E-state index in [0.29, 0.717) is 5.54 Å². The highest BCUT2D eigenvalue weighted by Gasteiger charge is 2.22. The van der Waals surface area contributed by atoms with Crippen LogP contribution in [0, 0.1) is 5.92 Å². The third-order valence-electron chi connectivity index (χ3n) is 2.56. The van der Waals surface area contributed by atoms with Crippen molar-refractivity contribution in [2.45, 2.75) is 32.2 Å². The summed E-state index contributed by atoms with van der Waals surface area (Å²) in [6.45, 7) is 4.55. The van der Waals surface area contributed by atoms with Crippen LogP contribution in [0.1, 0.15) is 26.7 Å². The zero-order valence-corrected chi connectivity index (χ0v) is 8.63. The van der Waals surface area contributed by atoms with Crippen LogP contribution in [0.2, 0.25) is 0 Å². The van der Waals surface area contributed by atoms with Crippen LogP contribution in [0.3, 0.4) is 0 Å². The van der Waals surface area contributed by atoms with Crippen LogP contribution in [0.4, 0.5) is 0 Å². The second-order valence-corrected chi connectivity index (χ2v) is 5.15. The number of hydrogen-bond acceptors (Lipinski definition) is 2. The lowest BCUT2D eigenvalue weighted by Crippen LogP contribution is -2.37. The van der Waals surface area contributed by atoms with Crippen molar-refractivity contribution in [3.05, 3.63) is 0 Å². The Kier molecular flexibility index (Phi) is 3.26. The molecule has 2 heteroatoms. The van der Waals surface area contributed by atoms with E-state index in [1.165, 1.54) is 24.3 Å². The second kappa shape index (κ2) is 3.81. The summed E-state index contributed by atoms with van der Waals surface area (Å²) in [7, 11) is 2.05. The van der Waals surface area contributed by atoms with Gasteiger partial charge in [0.2, 0.25) is 0 Å². The maximum absolute atomic E-state index is 3.34. The highest BCUT2D eigenvalue weighted by Crippen LogP contribution is 2.30. The Labute approximate surface area is 74.3 Å². The minimum atomic E-state index is 0.347. The van der Waals surface area contributed by atoms with Crippen molar-refractivity contribution in [1.82, 2.24) is 5.32 Å². The average molecular weight is 173 g/mol. The minimum absolute atomic E-state index is 0.347. The number of nitrogens with one attached hydrogen (secondary N) is 1. The predicted octanol–water partition coefficient (Wildman–Crippen LogP) is 2.13. The number of rotatable bonds is 4. The zero-order valence-electron chi connectivity index (χ0n) is 7.81. The molecular formula is C9H19NS. The lowest BCUT2D eigenvalue weighted by atomic mass is 9.94. The molecule has 0 saturated carbocycles. The van der Waals surface area contributed by atoms with Gasteiger partial charge >= 0.3 is 0 Å². The van der Waals surface area contributed by atoms with Gasteiger partial charge in [-0.1, -0.05) is 0 Å². The van der Waals surface area contributed by atoms with Gasteiger partial charge in [-0.15, -0.1) is 0 Å². The van der Waals surface area contributed by atoms with Crippen LogP contribution in [0.5, 0.6) is 0 Å². The van der Waals surface area contributed by atoms with Gasteiger partial charge in [-0.2, -0.15) is 11.8 Å². The third kappa shape index (κ3) is 3.04. The molecule has 0 radical (unpaired) electrons. The van der Waals surface area contributed by atoms with Gasteiger partial charge in [-0.3, -0.25) is 0 Å². The molecule has 0 aromatic rings. The fourth-order valence-electron chi connectivity index (χ4n) is 1.14. The monoisotopic (exact) mass is 173 g/mol. The highest BCUT2D eigenvalue weighted by atomic mass is 32.2. The zero-order chi connectivity index (χ0) is 8.32. The van der Waals surface area contributed by atoms with Crippen LogP contribution in [-0.4, -0.2) is 24.1 Å². The summed E-state index contributed by atoms with van der Waals surface area (Å²) < 4.78 is 0. The average Bonchev–Trinajstić information content (AvgIpc) is 1.84. The number of hydrogen-bond donors (Lipinski definition) is 1. The molecule has 66 valence electrons.